The van der Waals surface area contributed by atoms with E-state index in [0.29, 0.717) is 0 Å². The van der Waals surface area contributed by atoms with Gasteiger partial charge in [0, 0.05) is 0 Å². The van der Waals surface area contributed by atoms with E-state index in [1.54, 1.807) is 0 Å². The molecule has 0 aromatic heterocycles. The van der Waals surface area contributed by atoms with Gasteiger partial charge in [-0.25, -0.2) is 0 Å². The lowest BCUT2D eigenvalue weighted by molar-refractivity contribution is 0.531. The predicted molar refractivity (Wildman–Crippen MR) is 98.3 cm³/mol. The maximum absolute atomic E-state index is 3.89. The van der Waals surface area contributed by atoms with Crippen LogP contribution in [0.1, 0.15) is 109 Å². The van der Waals surface area contributed by atoms with Crippen molar-refractivity contribution < 1.29 is 0 Å². The first kappa shape index (κ1) is 20.7. The molecule has 0 aromatic rings. The van der Waals surface area contributed by atoms with Crippen molar-refractivity contribution in [2.75, 3.05) is 0 Å². The van der Waals surface area contributed by atoms with Gasteiger partial charge in [0.15, 0.2) is 0 Å². The molecule has 0 aliphatic heterocycles. The van der Waals surface area contributed by atoms with E-state index >= 15 is 0 Å². The van der Waals surface area contributed by atoms with Gasteiger partial charge in [-0.2, -0.15) is 0 Å². The molecule has 0 spiro atoms. The van der Waals surface area contributed by atoms with Crippen molar-refractivity contribution in [1.82, 2.24) is 0 Å². The third kappa shape index (κ3) is 19.7. The number of hydrogen-bond acceptors (Lipinski definition) is 0. The van der Waals surface area contributed by atoms with Gasteiger partial charge in [0.2, 0.25) is 0 Å². The van der Waals surface area contributed by atoms with E-state index in [9.17, 15) is 0 Å². The Morgan fingerprint density at radius 2 is 0.810 bits per heavy atom. The van der Waals surface area contributed by atoms with Crippen molar-refractivity contribution in [2.45, 2.75) is 109 Å². The third-order valence-corrected chi connectivity index (χ3v) is 4.29. The Bertz CT molecular complexity index is 192. The van der Waals surface area contributed by atoms with Gasteiger partial charge in [-0.15, -0.1) is 0 Å². The highest BCUT2D eigenvalue weighted by Gasteiger charge is 1.94. The molecule has 2 radical (unpaired) electrons. The molecule has 0 heterocycles. The highest BCUT2D eigenvalue weighted by Crippen LogP contribution is 2.13. The fourth-order valence-electron chi connectivity index (χ4n) is 2.85. The molecule has 0 aliphatic carbocycles. The molecule has 0 atom stereocenters. The Labute approximate surface area is 135 Å². The molecule has 21 heavy (non-hydrogen) atoms. The lowest BCUT2D eigenvalue weighted by atomic mass is 10.0. The monoisotopic (exact) mass is 292 g/mol. The molecular formula is C21H40. The molecule has 0 nitrogen and oxygen atoms in total. The fraction of sp³-hybridized carbons (Fsp3) is 0.810. The smallest absolute Gasteiger partial charge is 0.0316 e. The molecule has 0 aliphatic rings. The summed E-state index contributed by atoms with van der Waals surface area (Å²) in [5.41, 5.74) is 0. The molecule has 124 valence electrons. The number of hydrogen-bond donors (Lipinski definition) is 0. The fourth-order valence-corrected chi connectivity index (χ4v) is 2.85. The van der Waals surface area contributed by atoms with Crippen molar-refractivity contribution in [3.8, 4) is 0 Å². The minimum absolute atomic E-state index is 1.12. The van der Waals surface area contributed by atoms with Crippen LogP contribution in [0.3, 0.4) is 0 Å². The molecule has 0 N–H and O–H groups in total. The predicted octanol–water partition coefficient (Wildman–Crippen LogP) is 7.84. The largest absolute Gasteiger partial charge is 0.0885 e. The van der Waals surface area contributed by atoms with E-state index in [-0.39, 0.29) is 0 Å². The molecule has 0 unspecified atom stereocenters. The van der Waals surface area contributed by atoms with Gasteiger partial charge in [0.25, 0.3) is 0 Å². The molecule has 0 saturated heterocycles. The lowest BCUT2D eigenvalue weighted by Crippen LogP contribution is -1.83. The minimum Gasteiger partial charge on any atom is -0.0885 e. The zero-order valence-corrected chi connectivity index (χ0v) is 14.6. The van der Waals surface area contributed by atoms with Gasteiger partial charge >= 0.3 is 0 Å². The number of rotatable bonds is 17. The van der Waals surface area contributed by atoms with Crippen LogP contribution >= 0.6 is 0 Å². The zero-order valence-electron chi connectivity index (χ0n) is 14.6. The molecule has 0 saturated carbocycles. The van der Waals surface area contributed by atoms with Gasteiger partial charge in [-0.3, -0.25) is 0 Å². The van der Waals surface area contributed by atoms with Crippen molar-refractivity contribution in [2.24, 2.45) is 0 Å². The lowest BCUT2D eigenvalue weighted by Gasteiger charge is -2.03. The van der Waals surface area contributed by atoms with Crippen LogP contribution in [0, 0.1) is 13.8 Å². The summed E-state index contributed by atoms with van der Waals surface area (Å²) in [5, 5.41) is 0. The normalized spacial score (nSPS) is 11.5. The van der Waals surface area contributed by atoms with E-state index in [4.69, 9.17) is 0 Å². The van der Waals surface area contributed by atoms with Gasteiger partial charge in [0.1, 0.15) is 0 Å². The summed E-state index contributed by atoms with van der Waals surface area (Å²) < 4.78 is 0. The topological polar surface area (TPSA) is 0 Å². The first-order valence-electron chi connectivity index (χ1n) is 9.65. The summed E-state index contributed by atoms with van der Waals surface area (Å²) in [7, 11) is 0. The van der Waals surface area contributed by atoms with Crippen LogP contribution in [0.4, 0.5) is 0 Å². The second-order valence-electron chi connectivity index (χ2n) is 6.42. The molecule has 0 aromatic carbocycles. The second-order valence-corrected chi connectivity index (χ2v) is 6.42. The number of unbranched alkanes of at least 4 members (excludes halogenated alkanes) is 16. The highest BCUT2D eigenvalue weighted by atomic mass is 14.0. The first-order valence-corrected chi connectivity index (χ1v) is 9.65. The minimum atomic E-state index is 1.12. The highest BCUT2D eigenvalue weighted by molar-refractivity contribution is 4.83. The zero-order chi connectivity index (χ0) is 15.4. The van der Waals surface area contributed by atoms with E-state index in [1.807, 2.05) is 6.08 Å². The van der Waals surface area contributed by atoms with Crippen molar-refractivity contribution in [1.29, 1.82) is 0 Å². The maximum atomic E-state index is 3.89. The van der Waals surface area contributed by atoms with Crippen LogP contribution < -0.4 is 0 Å². The SMILES string of the molecule is [CH2]C=CCCCCCCCCCCCCCCCCC[CH2]. The number of allylic oxidation sites excluding steroid dienone is 2. The van der Waals surface area contributed by atoms with Gasteiger partial charge in [-0.05, 0) is 19.8 Å². The van der Waals surface area contributed by atoms with Crippen molar-refractivity contribution in [3.63, 3.8) is 0 Å². The molecule has 0 amide bonds. The molecule has 0 fully saturated rings. The van der Waals surface area contributed by atoms with Gasteiger partial charge in [0.05, 0.1) is 0 Å². The van der Waals surface area contributed by atoms with Crippen molar-refractivity contribution in [3.05, 3.63) is 26.0 Å². The van der Waals surface area contributed by atoms with Crippen LogP contribution in [-0.2, 0) is 0 Å². The summed E-state index contributed by atoms with van der Waals surface area (Å²) in [4.78, 5) is 0. The second kappa shape index (κ2) is 19.7. The third-order valence-electron chi connectivity index (χ3n) is 4.29. The van der Waals surface area contributed by atoms with Gasteiger partial charge in [-0.1, -0.05) is 115 Å². The Balaban J connectivity index is 2.93. The molecule has 0 heteroatoms. The standard InChI is InChI=1S/C21H40/c1-3-5-7-9-11-13-15-17-19-21-20-18-16-14-12-10-8-6-4-2/h3,5H,1-2,4,6-21H2. The summed E-state index contributed by atoms with van der Waals surface area (Å²) in [6.45, 7) is 7.61. The van der Waals surface area contributed by atoms with Crippen molar-refractivity contribution >= 4 is 0 Å². The summed E-state index contributed by atoms with van der Waals surface area (Å²) in [6.07, 6.45) is 27.9. The van der Waals surface area contributed by atoms with E-state index in [1.165, 1.54) is 103 Å². The van der Waals surface area contributed by atoms with Gasteiger partial charge < -0.3 is 0 Å². The van der Waals surface area contributed by atoms with Crippen LogP contribution in [0.15, 0.2) is 12.2 Å². The van der Waals surface area contributed by atoms with Crippen LogP contribution in [0.2, 0.25) is 0 Å². The first-order chi connectivity index (χ1) is 10.4. The average molecular weight is 293 g/mol. The average Bonchev–Trinajstić information content (AvgIpc) is 2.50. The molecule has 0 rings (SSSR count). The summed E-state index contributed by atoms with van der Waals surface area (Å²) >= 11 is 0. The molecule has 0 bridgehead atoms. The summed E-state index contributed by atoms with van der Waals surface area (Å²) in [6, 6.07) is 0. The van der Waals surface area contributed by atoms with Crippen LogP contribution in [0.5, 0.6) is 0 Å². The Morgan fingerprint density at radius 1 is 0.476 bits per heavy atom. The quantitative estimate of drug-likeness (QED) is 0.239. The van der Waals surface area contributed by atoms with E-state index < -0.39 is 0 Å². The van der Waals surface area contributed by atoms with Crippen LogP contribution in [0.25, 0.3) is 0 Å². The Morgan fingerprint density at radius 3 is 1.14 bits per heavy atom. The maximum Gasteiger partial charge on any atom is -0.0316 e. The molecular weight excluding hydrogens is 252 g/mol. The van der Waals surface area contributed by atoms with E-state index in [0.717, 1.165) is 6.42 Å². The summed E-state index contributed by atoms with van der Waals surface area (Å²) in [5.74, 6) is 0. The Hall–Kier alpha value is -0.260. The van der Waals surface area contributed by atoms with E-state index in [2.05, 4.69) is 19.9 Å². The van der Waals surface area contributed by atoms with Crippen LogP contribution in [-0.4, -0.2) is 0 Å². The Kier molecular flexibility index (Phi) is 19.5.